The van der Waals surface area contributed by atoms with Gasteiger partial charge in [-0.1, -0.05) is 13.8 Å². The van der Waals surface area contributed by atoms with Crippen LogP contribution in [0.15, 0.2) is 0 Å². The van der Waals surface area contributed by atoms with Gasteiger partial charge in [-0.3, -0.25) is 4.79 Å². The molecular formula is C25H38O8. The van der Waals surface area contributed by atoms with Gasteiger partial charge in [-0.15, -0.1) is 0 Å². The van der Waals surface area contributed by atoms with E-state index in [9.17, 15) is 30.0 Å². The van der Waals surface area contributed by atoms with E-state index in [1.807, 2.05) is 0 Å². The summed E-state index contributed by atoms with van der Waals surface area (Å²) in [6.07, 6.45) is 0.719. The maximum absolute atomic E-state index is 12.6. The van der Waals surface area contributed by atoms with E-state index in [4.69, 9.17) is 9.47 Å². The summed E-state index contributed by atoms with van der Waals surface area (Å²) in [5, 5.41) is 39.6. The smallest absolute Gasteiger partial charge is 0.335 e. The number of fused-ring (bicyclic) bond motifs is 5. The average molecular weight is 467 g/mol. The molecule has 4 saturated carbocycles. The molecule has 0 bridgehead atoms. The first-order valence-electron chi connectivity index (χ1n) is 12.7. The first-order chi connectivity index (χ1) is 15.6. The number of ether oxygens (including phenoxy) is 2. The van der Waals surface area contributed by atoms with Crippen molar-refractivity contribution in [3.63, 3.8) is 0 Å². The Hall–Kier alpha value is -1.06. The van der Waals surface area contributed by atoms with Gasteiger partial charge in [0, 0.05) is 11.8 Å². The van der Waals surface area contributed by atoms with E-state index >= 15 is 0 Å². The molecule has 4 aliphatic carbocycles. The molecule has 0 aromatic carbocycles. The third-order valence-corrected chi connectivity index (χ3v) is 10.5. The van der Waals surface area contributed by atoms with Crippen LogP contribution in [0.3, 0.4) is 0 Å². The molecule has 1 saturated heterocycles. The molecule has 0 aromatic heterocycles. The molecule has 1 heterocycles. The molecule has 5 rings (SSSR count). The highest BCUT2D eigenvalue weighted by atomic mass is 16.7. The number of aliphatic hydroxyl groups excluding tert-OH is 3. The SMILES string of the molecule is C[C@@]12CC[C@H](O[C@H]3O[C@@H](C(=O)O)[C@H](O)[C@@H](O)[C@@H]3O)C[C@@H]1CC[C@H]1[C@H]2CC[C@]2(C)C(=O)CC[C@H]12. The van der Waals surface area contributed by atoms with E-state index in [0.717, 1.165) is 57.8 Å². The number of aliphatic carboxylic acids is 1. The summed E-state index contributed by atoms with van der Waals surface area (Å²) in [5.74, 6) is 1.28. The zero-order valence-electron chi connectivity index (χ0n) is 19.6. The van der Waals surface area contributed by atoms with Gasteiger partial charge in [-0.25, -0.2) is 4.79 Å². The Morgan fingerprint density at radius 3 is 2.45 bits per heavy atom. The normalized spacial score (nSPS) is 54.3. The Morgan fingerprint density at radius 1 is 0.970 bits per heavy atom. The van der Waals surface area contributed by atoms with Gasteiger partial charge in [0.1, 0.15) is 24.1 Å². The van der Waals surface area contributed by atoms with Crippen LogP contribution in [-0.4, -0.2) is 69.0 Å². The summed E-state index contributed by atoms with van der Waals surface area (Å²) in [5.41, 5.74) is 0.0757. The third-order valence-electron chi connectivity index (χ3n) is 10.5. The predicted molar refractivity (Wildman–Crippen MR) is 116 cm³/mol. The molecule has 5 fully saturated rings. The van der Waals surface area contributed by atoms with Gasteiger partial charge in [-0.05, 0) is 80.5 Å². The summed E-state index contributed by atoms with van der Waals surface area (Å²) < 4.78 is 11.4. The van der Waals surface area contributed by atoms with E-state index < -0.39 is 36.7 Å². The number of aliphatic hydroxyl groups is 3. The van der Waals surface area contributed by atoms with E-state index in [-0.39, 0.29) is 16.9 Å². The van der Waals surface area contributed by atoms with Crippen molar-refractivity contribution in [3.8, 4) is 0 Å². The zero-order valence-corrected chi connectivity index (χ0v) is 19.6. The number of carboxylic acid groups (broad SMARTS) is 1. The fourth-order valence-corrected chi connectivity index (χ4v) is 8.47. The number of Topliss-reactive ketones (excluding diaryl/α,β-unsaturated/α-hetero) is 1. The van der Waals surface area contributed by atoms with Crippen molar-refractivity contribution in [1.82, 2.24) is 0 Å². The Balaban J connectivity index is 1.26. The number of hydrogen-bond donors (Lipinski definition) is 4. The standard InChI is InChI=1S/C25H38O8/c1-24-9-7-13(32-23-20(29)18(27)19(28)21(33-23)22(30)31)11-12(24)3-4-14-15-5-6-17(26)25(15,2)10-8-16(14)24/h12-16,18-21,23,27-29H,3-11H2,1-2H3,(H,30,31)/t12-,13-,14+,15+,16+,18+,19+,20-,21+,23-,24+,25-/m0/s1. The monoisotopic (exact) mass is 466 g/mol. The minimum Gasteiger partial charge on any atom is -0.479 e. The van der Waals surface area contributed by atoms with Crippen molar-refractivity contribution in [3.05, 3.63) is 0 Å². The van der Waals surface area contributed by atoms with E-state index in [0.29, 0.717) is 29.5 Å². The zero-order chi connectivity index (χ0) is 23.7. The Labute approximate surface area is 194 Å². The Morgan fingerprint density at radius 2 is 1.73 bits per heavy atom. The average Bonchev–Trinajstić information content (AvgIpc) is 3.08. The van der Waals surface area contributed by atoms with E-state index in [1.54, 1.807) is 0 Å². The van der Waals surface area contributed by atoms with E-state index in [1.165, 1.54) is 0 Å². The lowest BCUT2D eigenvalue weighted by atomic mass is 9.45. The second kappa shape index (κ2) is 8.26. The second-order valence-electron chi connectivity index (χ2n) is 11.8. The van der Waals surface area contributed by atoms with Gasteiger partial charge >= 0.3 is 5.97 Å². The van der Waals surface area contributed by atoms with Crippen molar-refractivity contribution in [1.29, 1.82) is 0 Å². The van der Waals surface area contributed by atoms with Crippen molar-refractivity contribution in [2.45, 2.75) is 108 Å². The number of ketones is 1. The molecular weight excluding hydrogens is 428 g/mol. The molecule has 12 atom stereocenters. The van der Waals surface area contributed by atoms with Crippen LogP contribution < -0.4 is 0 Å². The van der Waals surface area contributed by atoms with Crippen LogP contribution in [0.2, 0.25) is 0 Å². The van der Waals surface area contributed by atoms with Gasteiger partial charge in [-0.2, -0.15) is 0 Å². The second-order valence-corrected chi connectivity index (χ2v) is 11.8. The van der Waals surface area contributed by atoms with Crippen LogP contribution in [0.5, 0.6) is 0 Å². The molecule has 1 aliphatic heterocycles. The molecule has 0 radical (unpaired) electrons. The molecule has 5 aliphatic rings. The van der Waals surface area contributed by atoms with Gasteiger partial charge in [0.15, 0.2) is 12.4 Å². The number of carboxylic acids is 1. The minimum absolute atomic E-state index is 0.120. The maximum Gasteiger partial charge on any atom is 0.335 e. The van der Waals surface area contributed by atoms with Crippen molar-refractivity contribution in [2.24, 2.45) is 34.5 Å². The summed E-state index contributed by atoms with van der Waals surface area (Å²) in [6, 6.07) is 0. The lowest BCUT2D eigenvalue weighted by Gasteiger charge is -2.60. The highest BCUT2D eigenvalue weighted by molar-refractivity contribution is 5.87. The molecule has 0 spiro atoms. The topological polar surface area (TPSA) is 134 Å². The number of carbonyl (C=O) groups excluding carboxylic acids is 1. The molecule has 4 N–H and O–H groups in total. The van der Waals surface area contributed by atoms with Gasteiger partial charge in [0.05, 0.1) is 6.10 Å². The number of rotatable bonds is 3. The fourth-order valence-electron chi connectivity index (χ4n) is 8.47. The molecule has 8 nitrogen and oxygen atoms in total. The van der Waals surface area contributed by atoms with Crippen LogP contribution in [-0.2, 0) is 19.1 Å². The van der Waals surface area contributed by atoms with Crippen LogP contribution in [0, 0.1) is 34.5 Å². The Bertz CT molecular complexity index is 801. The quantitative estimate of drug-likeness (QED) is 0.463. The minimum atomic E-state index is -1.71. The first-order valence-corrected chi connectivity index (χ1v) is 12.7. The van der Waals surface area contributed by atoms with Crippen molar-refractivity contribution in [2.75, 3.05) is 0 Å². The first kappa shape index (κ1) is 23.7. The van der Waals surface area contributed by atoms with Gasteiger partial charge in [0.25, 0.3) is 0 Å². The highest BCUT2D eigenvalue weighted by Crippen LogP contribution is 2.65. The fraction of sp³-hybridized carbons (Fsp3) is 0.920. The van der Waals surface area contributed by atoms with Gasteiger partial charge in [0.2, 0.25) is 0 Å². The van der Waals surface area contributed by atoms with Crippen LogP contribution in [0.4, 0.5) is 0 Å². The molecule has 186 valence electrons. The molecule has 33 heavy (non-hydrogen) atoms. The lowest BCUT2D eigenvalue weighted by Crippen LogP contribution is -2.61. The highest BCUT2D eigenvalue weighted by Gasteiger charge is 2.60. The largest absolute Gasteiger partial charge is 0.479 e. The summed E-state index contributed by atoms with van der Waals surface area (Å²) in [4.78, 5) is 24.0. The molecule has 0 amide bonds. The van der Waals surface area contributed by atoms with Gasteiger partial charge < -0.3 is 29.9 Å². The van der Waals surface area contributed by atoms with Crippen LogP contribution in [0.25, 0.3) is 0 Å². The van der Waals surface area contributed by atoms with Crippen LogP contribution in [0.1, 0.15) is 71.6 Å². The number of carbonyl (C=O) groups is 2. The van der Waals surface area contributed by atoms with Crippen molar-refractivity contribution >= 4 is 11.8 Å². The summed E-state index contributed by atoms with van der Waals surface area (Å²) in [6.45, 7) is 4.62. The Kier molecular flexibility index (Phi) is 5.93. The van der Waals surface area contributed by atoms with E-state index in [2.05, 4.69) is 13.8 Å². The number of hydrogen-bond acceptors (Lipinski definition) is 7. The predicted octanol–water partition coefficient (Wildman–Crippen LogP) is 1.88. The summed E-state index contributed by atoms with van der Waals surface area (Å²) in [7, 11) is 0. The van der Waals surface area contributed by atoms with Crippen LogP contribution >= 0.6 is 0 Å². The van der Waals surface area contributed by atoms with Crippen molar-refractivity contribution < 1.29 is 39.5 Å². The summed E-state index contributed by atoms with van der Waals surface area (Å²) >= 11 is 0. The molecule has 0 aromatic rings. The lowest BCUT2D eigenvalue weighted by molar-refractivity contribution is -0.309. The molecule has 0 unspecified atom stereocenters. The third kappa shape index (κ3) is 3.59. The maximum atomic E-state index is 12.6. The molecule has 8 heteroatoms.